The van der Waals surface area contributed by atoms with Crippen LogP contribution in [0, 0.1) is 11.7 Å². The predicted octanol–water partition coefficient (Wildman–Crippen LogP) is 3.06. The molecule has 0 aliphatic carbocycles. The lowest BCUT2D eigenvalue weighted by Crippen LogP contribution is -2.39. The molecule has 19 heavy (non-hydrogen) atoms. The van der Waals surface area contributed by atoms with Crippen LogP contribution in [0.3, 0.4) is 0 Å². The fourth-order valence-corrected chi connectivity index (χ4v) is 2.51. The summed E-state index contributed by atoms with van der Waals surface area (Å²) in [7, 11) is 0. The van der Waals surface area contributed by atoms with Gasteiger partial charge in [0.2, 0.25) is 0 Å². The van der Waals surface area contributed by atoms with Gasteiger partial charge in [0.15, 0.2) is 0 Å². The van der Waals surface area contributed by atoms with Crippen molar-refractivity contribution in [1.29, 1.82) is 0 Å². The Labute approximate surface area is 109 Å². The van der Waals surface area contributed by atoms with Gasteiger partial charge in [-0.05, 0) is 24.5 Å². The lowest BCUT2D eigenvalue weighted by atomic mass is 9.95. The summed E-state index contributed by atoms with van der Waals surface area (Å²) in [6.45, 7) is 0.586. The van der Waals surface area contributed by atoms with Gasteiger partial charge in [-0.15, -0.1) is 0 Å². The number of hydrogen-bond acceptors (Lipinski definition) is 2. The molecule has 1 aliphatic heterocycles. The molecule has 0 bridgehead atoms. The van der Waals surface area contributed by atoms with Crippen LogP contribution in [-0.4, -0.2) is 19.3 Å². The molecule has 2 nitrogen and oxygen atoms in total. The van der Waals surface area contributed by atoms with E-state index >= 15 is 0 Å². The number of para-hydroxylation sites is 1. The third-order valence-corrected chi connectivity index (χ3v) is 3.56. The summed E-state index contributed by atoms with van der Waals surface area (Å²) in [5, 5.41) is 0. The van der Waals surface area contributed by atoms with Crippen LogP contribution in [0.5, 0.6) is 0 Å². The smallest absolute Gasteiger partial charge is 0.369 e. The number of halogens is 4. The molecule has 6 heteroatoms. The highest BCUT2D eigenvalue weighted by atomic mass is 19.4. The van der Waals surface area contributed by atoms with E-state index in [-0.39, 0.29) is 32.5 Å². The Bertz CT molecular complexity index is 437. The average molecular weight is 276 g/mol. The Kier molecular flexibility index (Phi) is 3.99. The number of benzene rings is 1. The van der Waals surface area contributed by atoms with Crippen molar-refractivity contribution in [2.75, 3.05) is 18.0 Å². The number of piperidine rings is 1. The molecule has 1 aromatic rings. The monoisotopic (exact) mass is 276 g/mol. The van der Waals surface area contributed by atoms with Crippen molar-refractivity contribution in [3.05, 3.63) is 29.6 Å². The summed E-state index contributed by atoms with van der Waals surface area (Å²) in [4.78, 5) is 1.67. The highest BCUT2D eigenvalue weighted by molar-refractivity contribution is 5.55. The van der Waals surface area contributed by atoms with Gasteiger partial charge in [-0.2, -0.15) is 13.2 Å². The summed E-state index contributed by atoms with van der Waals surface area (Å²) < 4.78 is 51.6. The molecule has 1 aliphatic rings. The summed E-state index contributed by atoms with van der Waals surface area (Å²) in [5.41, 5.74) is 6.53. The minimum atomic E-state index is -4.15. The van der Waals surface area contributed by atoms with E-state index in [4.69, 9.17) is 5.73 Å². The van der Waals surface area contributed by atoms with Crippen LogP contribution in [0.15, 0.2) is 18.2 Å². The van der Waals surface area contributed by atoms with Crippen molar-refractivity contribution in [3.8, 4) is 0 Å². The maximum absolute atomic E-state index is 13.8. The molecule has 0 radical (unpaired) electrons. The molecule has 1 fully saturated rings. The Morgan fingerprint density at radius 1 is 1.21 bits per heavy atom. The SMILES string of the molecule is NCc1cccc(F)c1N1CCC(C(F)(F)F)CC1. The number of rotatable bonds is 2. The van der Waals surface area contributed by atoms with Crippen molar-refractivity contribution in [2.45, 2.75) is 25.6 Å². The Balaban J connectivity index is 2.14. The van der Waals surface area contributed by atoms with Gasteiger partial charge in [-0.3, -0.25) is 0 Å². The topological polar surface area (TPSA) is 29.3 Å². The van der Waals surface area contributed by atoms with E-state index < -0.39 is 17.9 Å². The maximum atomic E-state index is 13.8. The molecule has 1 heterocycles. The first-order chi connectivity index (χ1) is 8.93. The standard InChI is InChI=1S/C13H16F4N2/c14-11-3-1-2-9(8-18)12(11)19-6-4-10(5-7-19)13(15,16)17/h1-3,10H,4-8,18H2. The summed E-state index contributed by atoms with van der Waals surface area (Å²) in [6, 6.07) is 4.57. The summed E-state index contributed by atoms with van der Waals surface area (Å²) >= 11 is 0. The Morgan fingerprint density at radius 2 is 1.84 bits per heavy atom. The van der Waals surface area contributed by atoms with Crippen molar-refractivity contribution in [3.63, 3.8) is 0 Å². The molecule has 2 N–H and O–H groups in total. The second-order valence-electron chi connectivity index (χ2n) is 4.75. The van der Waals surface area contributed by atoms with Crippen LogP contribution in [-0.2, 0) is 6.54 Å². The molecular formula is C13H16F4N2. The molecule has 0 spiro atoms. The van der Waals surface area contributed by atoms with Crippen molar-refractivity contribution < 1.29 is 17.6 Å². The highest BCUT2D eigenvalue weighted by Crippen LogP contribution is 2.36. The van der Waals surface area contributed by atoms with E-state index in [1.54, 1.807) is 17.0 Å². The fourth-order valence-electron chi connectivity index (χ4n) is 2.51. The predicted molar refractivity (Wildman–Crippen MR) is 65.3 cm³/mol. The van der Waals surface area contributed by atoms with Crippen LogP contribution in [0.25, 0.3) is 0 Å². The van der Waals surface area contributed by atoms with Crippen LogP contribution in [0.1, 0.15) is 18.4 Å². The van der Waals surface area contributed by atoms with Crippen LogP contribution in [0.2, 0.25) is 0 Å². The molecule has 0 atom stereocenters. The van der Waals surface area contributed by atoms with Crippen molar-refractivity contribution >= 4 is 5.69 Å². The van der Waals surface area contributed by atoms with Gasteiger partial charge in [0, 0.05) is 19.6 Å². The zero-order valence-electron chi connectivity index (χ0n) is 10.4. The first-order valence-corrected chi connectivity index (χ1v) is 6.22. The fraction of sp³-hybridized carbons (Fsp3) is 0.538. The maximum Gasteiger partial charge on any atom is 0.391 e. The Morgan fingerprint density at radius 3 is 2.37 bits per heavy atom. The van der Waals surface area contributed by atoms with Gasteiger partial charge in [-0.25, -0.2) is 4.39 Å². The quantitative estimate of drug-likeness (QED) is 0.841. The van der Waals surface area contributed by atoms with Crippen molar-refractivity contribution in [2.24, 2.45) is 11.7 Å². The zero-order chi connectivity index (χ0) is 14.0. The minimum absolute atomic E-state index is 0.00183. The third-order valence-electron chi connectivity index (χ3n) is 3.56. The average Bonchev–Trinajstić information content (AvgIpc) is 2.37. The molecule has 0 amide bonds. The van der Waals surface area contributed by atoms with Gasteiger partial charge >= 0.3 is 6.18 Å². The molecule has 1 aromatic carbocycles. The number of nitrogens with two attached hydrogens (primary N) is 1. The van der Waals surface area contributed by atoms with E-state index in [1.165, 1.54) is 6.07 Å². The van der Waals surface area contributed by atoms with Gasteiger partial charge in [0.25, 0.3) is 0 Å². The van der Waals surface area contributed by atoms with Gasteiger partial charge in [-0.1, -0.05) is 12.1 Å². The second-order valence-corrected chi connectivity index (χ2v) is 4.75. The van der Waals surface area contributed by atoms with E-state index in [0.29, 0.717) is 11.3 Å². The first kappa shape index (κ1) is 14.1. The van der Waals surface area contributed by atoms with Gasteiger partial charge in [0.1, 0.15) is 5.82 Å². The van der Waals surface area contributed by atoms with Gasteiger partial charge < -0.3 is 10.6 Å². The summed E-state index contributed by atoms with van der Waals surface area (Å²) in [6.07, 6.45) is -4.15. The lowest BCUT2D eigenvalue weighted by molar-refractivity contribution is -0.179. The van der Waals surface area contributed by atoms with Crippen LogP contribution >= 0.6 is 0 Å². The van der Waals surface area contributed by atoms with Crippen LogP contribution < -0.4 is 10.6 Å². The zero-order valence-corrected chi connectivity index (χ0v) is 10.4. The third kappa shape index (κ3) is 3.00. The number of alkyl halides is 3. The molecular weight excluding hydrogens is 260 g/mol. The largest absolute Gasteiger partial charge is 0.391 e. The second kappa shape index (κ2) is 5.36. The normalized spacial score (nSPS) is 17.8. The van der Waals surface area contributed by atoms with E-state index in [2.05, 4.69) is 0 Å². The van der Waals surface area contributed by atoms with E-state index in [0.717, 1.165) is 0 Å². The lowest BCUT2D eigenvalue weighted by Gasteiger charge is -2.35. The van der Waals surface area contributed by atoms with E-state index in [9.17, 15) is 17.6 Å². The van der Waals surface area contributed by atoms with Crippen LogP contribution in [0.4, 0.5) is 23.2 Å². The highest BCUT2D eigenvalue weighted by Gasteiger charge is 2.41. The first-order valence-electron chi connectivity index (χ1n) is 6.22. The molecule has 1 saturated heterocycles. The molecule has 0 saturated carbocycles. The number of anilines is 1. The molecule has 106 valence electrons. The molecule has 0 unspecified atom stereocenters. The number of hydrogen-bond donors (Lipinski definition) is 1. The van der Waals surface area contributed by atoms with Gasteiger partial charge in [0.05, 0.1) is 11.6 Å². The van der Waals surface area contributed by atoms with E-state index in [1.807, 2.05) is 0 Å². The molecule has 0 aromatic heterocycles. The molecule has 2 rings (SSSR count). The summed E-state index contributed by atoms with van der Waals surface area (Å²) in [5.74, 6) is -1.70. The minimum Gasteiger partial charge on any atom is -0.369 e. The van der Waals surface area contributed by atoms with Crippen molar-refractivity contribution in [1.82, 2.24) is 0 Å². The Hall–Kier alpha value is -1.30. The number of nitrogens with zero attached hydrogens (tertiary/aromatic N) is 1.